The van der Waals surface area contributed by atoms with Crippen LogP contribution < -0.4 is 4.74 Å². The molecule has 1 atom stereocenters. The van der Waals surface area contributed by atoms with Gasteiger partial charge in [0.05, 0.1) is 12.0 Å². The minimum atomic E-state index is -3.68. The smallest absolute Gasteiger partial charge is 0.243 e. The molecule has 2 aromatic rings. The molecule has 1 heterocycles. The van der Waals surface area contributed by atoms with Crippen LogP contribution in [0.25, 0.3) is 0 Å². The summed E-state index contributed by atoms with van der Waals surface area (Å²) >= 11 is 1.40. The van der Waals surface area contributed by atoms with Crippen molar-refractivity contribution in [1.82, 2.24) is 4.31 Å². The zero-order valence-corrected chi connectivity index (χ0v) is 15.2. The van der Waals surface area contributed by atoms with Crippen LogP contribution in [-0.4, -0.2) is 38.5 Å². The van der Waals surface area contributed by atoms with Crippen LogP contribution in [0.1, 0.15) is 22.1 Å². The fourth-order valence-corrected chi connectivity index (χ4v) is 4.51. The number of methoxy groups -OCH3 is 1. The number of hydrogen-bond acceptors (Lipinski definition) is 5. The van der Waals surface area contributed by atoms with E-state index in [0.717, 1.165) is 10.4 Å². The lowest BCUT2D eigenvalue weighted by molar-refractivity contribution is 0.158. The summed E-state index contributed by atoms with van der Waals surface area (Å²) in [5.74, 6) is 0.655. The number of aliphatic hydroxyl groups excluding tert-OH is 1. The number of aliphatic hydroxyl groups is 1. The summed E-state index contributed by atoms with van der Waals surface area (Å²) in [6.07, 6.45) is -0.838. The van der Waals surface area contributed by atoms with Crippen molar-refractivity contribution in [2.45, 2.75) is 24.8 Å². The fraction of sp³-hybridized carbons (Fsp3) is 0.375. The zero-order valence-electron chi connectivity index (χ0n) is 13.6. The summed E-state index contributed by atoms with van der Waals surface area (Å²) < 4.78 is 32.0. The second kappa shape index (κ2) is 7.00. The molecule has 1 aromatic heterocycles. The van der Waals surface area contributed by atoms with Gasteiger partial charge in [-0.05, 0) is 48.6 Å². The Morgan fingerprint density at radius 3 is 2.57 bits per heavy atom. The number of sulfonamides is 1. The van der Waals surface area contributed by atoms with Crippen molar-refractivity contribution in [1.29, 1.82) is 0 Å². The summed E-state index contributed by atoms with van der Waals surface area (Å²) in [5.41, 5.74) is 1.37. The lowest BCUT2D eigenvalue weighted by Gasteiger charge is -2.21. The Balaban J connectivity index is 2.29. The lowest BCUT2D eigenvalue weighted by atomic mass is 10.1. The van der Waals surface area contributed by atoms with Crippen molar-refractivity contribution in [2.75, 3.05) is 20.7 Å². The summed E-state index contributed by atoms with van der Waals surface area (Å²) in [6.45, 7) is 3.55. The summed E-state index contributed by atoms with van der Waals surface area (Å²) in [7, 11) is -0.649. The van der Waals surface area contributed by atoms with Gasteiger partial charge >= 0.3 is 0 Å². The van der Waals surface area contributed by atoms with E-state index in [0.29, 0.717) is 11.3 Å². The fourth-order valence-electron chi connectivity index (χ4n) is 2.34. The number of rotatable bonds is 6. The third kappa shape index (κ3) is 3.74. The Morgan fingerprint density at radius 2 is 2.00 bits per heavy atom. The summed E-state index contributed by atoms with van der Waals surface area (Å²) in [6, 6.07) is 6.94. The van der Waals surface area contributed by atoms with Crippen molar-refractivity contribution in [3.63, 3.8) is 0 Å². The van der Waals surface area contributed by atoms with Gasteiger partial charge in [0, 0.05) is 18.5 Å². The maximum absolute atomic E-state index is 12.8. The van der Waals surface area contributed by atoms with Gasteiger partial charge in [-0.15, -0.1) is 11.3 Å². The van der Waals surface area contributed by atoms with E-state index in [2.05, 4.69) is 0 Å². The molecular formula is C16H21NO4S2. The Hall–Kier alpha value is -1.41. The lowest BCUT2D eigenvalue weighted by Crippen LogP contribution is -2.31. The first-order chi connectivity index (χ1) is 10.8. The van der Waals surface area contributed by atoms with Crippen LogP contribution in [0.4, 0.5) is 0 Å². The van der Waals surface area contributed by atoms with Crippen molar-refractivity contribution in [3.05, 3.63) is 45.6 Å². The number of thiophene rings is 1. The largest absolute Gasteiger partial charge is 0.496 e. The van der Waals surface area contributed by atoms with Crippen LogP contribution in [0.5, 0.6) is 5.75 Å². The number of hydrogen-bond donors (Lipinski definition) is 1. The molecule has 0 aliphatic rings. The van der Waals surface area contributed by atoms with E-state index in [4.69, 9.17) is 4.74 Å². The highest BCUT2D eigenvalue weighted by atomic mass is 32.2. The number of likely N-dealkylation sites (N-methyl/N-ethyl adjacent to an activating group) is 1. The quantitative estimate of drug-likeness (QED) is 0.865. The summed E-state index contributed by atoms with van der Waals surface area (Å²) in [4.78, 5) is 0.978. The minimum absolute atomic E-state index is 0.00731. The third-order valence-corrected chi connectivity index (χ3v) is 6.62. The van der Waals surface area contributed by atoms with Crippen LogP contribution in [-0.2, 0) is 10.0 Å². The van der Waals surface area contributed by atoms with Crippen LogP contribution >= 0.6 is 11.3 Å². The molecule has 1 unspecified atom stereocenters. The SMILES string of the molecule is COc1cc(C)c(S(=O)(=O)N(C)CC(O)c2cccs2)cc1C. The number of benzene rings is 1. The second-order valence-corrected chi connectivity index (χ2v) is 8.40. The van der Waals surface area contributed by atoms with Crippen molar-refractivity contribution < 1.29 is 18.3 Å². The summed E-state index contributed by atoms with van der Waals surface area (Å²) in [5, 5.41) is 12.0. The number of aryl methyl sites for hydroxylation is 2. The van der Waals surface area contributed by atoms with Gasteiger partial charge in [-0.1, -0.05) is 6.07 Å². The molecule has 0 fully saturated rings. The van der Waals surface area contributed by atoms with Gasteiger partial charge in [0.2, 0.25) is 10.0 Å². The Labute approximate surface area is 141 Å². The van der Waals surface area contributed by atoms with E-state index in [-0.39, 0.29) is 11.4 Å². The van der Waals surface area contributed by atoms with Gasteiger partial charge in [0.1, 0.15) is 11.9 Å². The van der Waals surface area contributed by atoms with Gasteiger partial charge < -0.3 is 9.84 Å². The zero-order chi connectivity index (χ0) is 17.2. The molecule has 126 valence electrons. The molecule has 1 N–H and O–H groups in total. The highest BCUT2D eigenvalue weighted by Crippen LogP contribution is 2.28. The molecule has 23 heavy (non-hydrogen) atoms. The highest BCUT2D eigenvalue weighted by Gasteiger charge is 2.26. The molecule has 0 amide bonds. The van der Waals surface area contributed by atoms with E-state index in [9.17, 15) is 13.5 Å². The molecule has 0 saturated carbocycles. The van der Waals surface area contributed by atoms with Gasteiger partial charge in [0.15, 0.2) is 0 Å². The van der Waals surface area contributed by atoms with Crippen molar-refractivity contribution >= 4 is 21.4 Å². The molecule has 0 aliphatic carbocycles. The van der Waals surface area contributed by atoms with Crippen LogP contribution in [0, 0.1) is 13.8 Å². The maximum atomic E-state index is 12.8. The molecule has 7 heteroatoms. The molecule has 1 aromatic carbocycles. The van der Waals surface area contributed by atoms with E-state index in [1.165, 1.54) is 22.7 Å². The minimum Gasteiger partial charge on any atom is -0.496 e. The van der Waals surface area contributed by atoms with Crippen molar-refractivity contribution in [2.24, 2.45) is 0 Å². The molecule has 0 bridgehead atoms. The van der Waals surface area contributed by atoms with Crippen LogP contribution in [0.15, 0.2) is 34.5 Å². The number of nitrogens with zero attached hydrogens (tertiary/aromatic N) is 1. The molecular weight excluding hydrogens is 334 g/mol. The molecule has 0 saturated heterocycles. The molecule has 0 radical (unpaired) electrons. The first-order valence-electron chi connectivity index (χ1n) is 7.10. The van der Waals surface area contributed by atoms with E-state index >= 15 is 0 Å². The Kier molecular flexibility index (Phi) is 5.46. The van der Waals surface area contributed by atoms with Gasteiger partial charge in [-0.2, -0.15) is 4.31 Å². The molecule has 5 nitrogen and oxygen atoms in total. The average molecular weight is 355 g/mol. The monoisotopic (exact) mass is 355 g/mol. The van der Waals surface area contributed by atoms with Gasteiger partial charge in [0.25, 0.3) is 0 Å². The predicted molar refractivity (Wildman–Crippen MR) is 91.6 cm³/mol. The third-order valence-electron chi connectivity index (χ3n) is 3.68. The molecule has 0 spiro atoms. The van der Waals surface area contributed by atoms with Crippen LogP contribution in [0.3, 0.4) is 0 Å². The topological polar surface area (TPSA) is 66.8 Å². The van der Waals surface area contributed by atoms with Crippen molar-refractivity contribution in [3.8, 4) is 5.75 Å². The second-order valence-electron chi connectivity index (χ2n) is 5.40. The standard InChI is InChI=1S/C16H21NO4S2/c1-11-9-16(12(2)8-14(11)21-4)23(19,20)17(3)10-13(18)15-6-5-7-22-15/h5-9,13,18H,10H2,1-4H3. The number of ether oxygens (including phenoxy) is 1. The van der Waals surface area contributed by atoms with E-state index < -0.39 is 16.1 Å². The highest BCUT2D eigenvalue weighted by molar-refractivity contribution is 7.89. The Morgan fingerprint density at radius 1 is 1.30 bits per heavy atom. The average Bonchev–Trinajstić information content (AvgIpc) is 3.03. The first kappa shape index (κ1) is 17.9. The van der Waals surface area contributed by atoms with E-state index in [1.54, 1.807) is 39.2 Å². The Bertz CT molecular complexity index is 770. The maximum Gasteiger partial charge on any atom is 0.243 e. The van der Waals surface area contributed by atoms with Gasteiger partial charge in [-0.3, -0.25) is 0 Å². The predicted octanol–water partition coefficient (Wildman–Crippen LogP) is 2.73. The molecule has 2 rings (SSSR count). The molecule has 0 aliphatic heterocycles. The van der Waals surface area contributed by atoms with Gasteiger partial charge in [-0.25, -0.2) is 8.42 Å². The normalized spacial score (nSPS) is 13.3. The first-order valence-corrected chi connectivity index (χ1v) is 9.42. The van der Waals surface area contributed by atoms with E-state index in [1.807, 2.05) is 11.4 Å². The van der Waals surface area contributed by atoms with Crippen LogP contribution in [0.2, 0.25) is 0 Å².